The van der Waals surface area contributed by atoms with Crippen LogP contribution in [0.15, 0.2) is 34.9 Å². The van der Waals surface area contributed by atoms with E-state index in [-0.39, 0.29) is 11.3 Å². The van der Waals surface area contributed by atoms with Gasteiger partial charge in [0.1, 0.15) is 18.6 Å². The topological polar surface area (TPSA) is 98.0 Å². The highest BCUT2D eigenvalue weighted by Crippen LogP contribution is 2.26. The molecule has 1 aromatic heterocycles. The third-order valence-corrected chi connectivity index (χ3v) is 3.00. The Balaban J connectivity index is 2.14. The van der Waals surface area contributed by atoms with Crippen LogP contribution < -0.4 is 10.1 Å². The Morgan fingerprint density at radius 1 is 1.26 bits per heavy atom. The molecule has 2 rings (SSSR count). The standard InChI is InChI=1S/C16H17NO6/c1-10-3-4-12(13(7-10)22-6-5-21-2)17-15(18)14-8-11(9-23-14)16(19)20/h3-4,7-9H,5-6H2,1-2H3,(H,17,18)(H,19,20). The highest BCUT2D eigenvalue weighted by atomic mass is 16.5. The minimum atomic E-state index is -1.16. The molecule has 23 heavy (non-hydrogen) atoms. The van der Waals surface area contributed by atoms with E-state index in [1.807, 2.05) is 13.0 Å². The second-order valence-corrected chi connectivity index (χ2v) is 4.80. The van der Waals surface area contributed by atoms with Crippen molar-refractivity contribution in [3.63, 3.8) is 0 Å². The maximum absolute atomic E-state index is 12.1. The van der Waals surface area contributed by atoms with Gasteiger partial charge in [0.2, 0.25) is 0 Å². The third kappa shape index (κ3) is 4.33. The molecule has 0 saturated heterocycles. The van der Waals surface area contributed by atoms with E-state index >= 15 is 0 Å². The van der Waals surface area contributed by atoms with Crippen LogP contribution in [-0.2, 0) is 4.74 Å². The first-order chi connectivity index (χ1) is 11.0. The number of amides is 1. The Labute approximate surface area is 132 Å². The van der Waals surface area contributed by atoms with E-state index in [9.17, 15) is 9.59 Å². The number of hydrogen-bond acceptors (Lipinski definition) is 5. The molecule has 0 unspecified atom stereocenters. The molecule has 1 aromatic carbocycles. The summed E-state index contributed by atoms with van der Waals surface area (Å²) >= 11 is 0. The minimum absolute atomic E-state index is 0.0874. The average molecular weight is 319 g/mol. The number of carbonyl (C=O) groups is 2. The summed E-state index contributed by atoms with van der Waals surface area (Å²) in [6.07, 6.45) is 1.02. The van der Waals surface area contributed by atoms with Crippen LogP contribution in [0, 0.1) is 6.92 Å². The number of hydrogen-bond donors (Lipinski definition) is 2. The van der Waals surface area contributed by atoms with E-state index in [1.54, 1.807) is 19.2 Å². The Morgan fingerprint density at radius 2 is 2.04 bits per heavy atom. The van der Waals surface area contributed by atoms with Crippen molar-refractivity contribution in [3.05, 3.63) is 47.4 Å². The van der Waals surface area contributed by atoms with Crippen LogP contribution in [0.5, 0.6) is 5.75 Å². The zero-order chi connectivity index (χ0) is 16.8. The van der Waals surface area contributed by atoms with E-state index in [1.165, 1.54) is 0 Å². The molecule has 7 heteroatoms. The molecule has 0 aliphatic heterocycles. The van der Waals surface area contributed by atoms with Crippen LogP contribution >= 0.6 is 0 Å². The largest absolute Gasteiger partial charge is 0.489 e. The minimum Gasteiger partial charge on any atom is -0.489 e. The van der Waals surface area contributed by atoms with Crippen LogP contribution in [-0.4, -0.2) is 37.3 Å². The highest BCUT2D eigenvalue weighted by molar-refractivity contribution is 6.04. The van der Waals surface area contributed by atoms with Crippen molar-refractivity contribution in [1.29, 1.82) is 0 Å². The Hall–Kier alpha value is -2.80. The maximum Gasteiger partial charge on any atom is 0.338 e. The number of methoxy groups -OCH3 is 1. The number of aromatic carboxylic acids is 1. The fraction of sp³-hybridized carbons (Fsp3) is 0.250. The second-order valence-electron chi connectivity index (χ2n) is 4.80. The number of aryl methyl sites for hydroxylation is 1. The van der Waals surface area contributed by atoms with Crippen molar-refractivity contribution in [2.75, 3.05) is 25.6 Å². The van der Waals surface area contributed by atoms with Gasteiger partial charge in [0.05, 0.1) is 17.9 Å². The van der Waals surface area contributed by atoms with Gasteiger partial charge in [-0.2, -0.15) is 0 Å². The quantitative estimate of drug-likeness (QED) is 0.761. The molecule has 0 bridgehead atoms. The lowest BCUT2D eigenvalue weighted by molar-refractivity contribution is 0.0696. The Bertz CT molecular complexity index is 706. The zero-order valence-electron chi connectivity index (χ0n) is 12.8. The van der Waals surface area contributed by atoms with Gasteiger partial charge in [0.15, 0.2) is 5.76 Å². The van der Waals surface area contributed by atoms with Crippen molar-refractivity contribution < 1.29 is 28.6 Å². The Morgan fingerprint density at radius 3 is 2.70 bits per heavy atom. The number of carboxylic acid groups (broad SMARTS) is 1. The van der Waals surface area contributed by atoms with Crippen LogP contribution in [0.3, 0.4) is 0 Å². The molecule has 0 atom stereocenters. The van der Waals surface area contributed by atoms with Crippen molar-refractivity contribution in [2.45, 2.75) is 6.92 Å². The SMILES string of the molecule is COCCOc1cc(C)ccc1NC(=O)c1cc(C(=O)O)co1. The molecular weight excluding hydrogens is 302 g/mol. The smallest absolute Gasteiger partial charge is 0.338 e. The second kappa shape index (κ2) is 7.46. The van der Waals surface area contributed by atoms with Crippen molar-refractivity contribution in [3.8, 4) is 5.75 Å². The predicted octanol–water partition coefficient (Wildman–Crippen LogP) is 2.56. The molecule has 0 radical (unpaired) electrons. The number of carbonyl (C=O) groups excluding carboxylic acids is 1. The van der Waals surface area contributed by atoms with E-state index in [2.05, 4.69) is 5.32 Å². The lowest BCUT2D eigenvalue weighted by Gasteiger charge is -2.12. The number of carboxylic acids is 1. The number of anilines is 1. The molecule has 1 amide bonds. The van der Waals surface area contributed by atoms with Gasteiger partial charge in [-0.3, -0.25) is 4.79 Å². The fourth-order valence-corrected chi connectivity index (χ4v) is 1.84. The van der Waals surface area contributed by atoms with Crippen molar-refractivity contribution in [2.24, 2.45) is 0 Å². The normalized spacial score (nSPS) is 10.3. The summed E-state index contributed by atoms with van der Waals surface area (Å²) in [5.41, 5.74) is 1.35. The van der Waals surface area contributed by atoms with Gasteiger partial charge in [0.25, 0.3) is 5.91 Å². The molecule has 2 aromatic rings. The van der Waals surface area contributed by atoms with E-state index < -0.39 is 11.9 Å². The van der Waals surface area contributed by atoms with Gasteiger partial charge in [-0.05, 0) is 24.6 Å². The highest BCUT2D eigenvalue weighted by Gasteiger charge is 2.16. The van der Waals surface area contributed by atoms with Gasteiger partial charge < -0.3 is 24.3 Å². The van der Waals surface area contributed by atoms with E-state index in [4.69, 9.17) is 19.0 Å². The third-order valence-electron chi connectivity index (χ3n) is 3.00. The monoisotopic (exact) mass is 319 g/mol. The summed E-state index contributed by atoms with van der Waals surface area (Å²) in [5, 5.41) is 11.5. The number of furan rings is 1. The number of ether oxygens (including phenoxy) is 2. The molecule has 0 aliphatic carbocycles. The average Bonchev–Trinajstić information content (AvgIpc) is 3.00. The van der Waals surface area contributed by atoms with Crippen molar-refractivity contribution in [1.82, 2.24) is 0 Å². The first-order valence-electron chi connectivity index (χ1n) is 6.87. The van der Waals surface area contributed by atoms with E-state index in [0.717, 1.165) is 17.9 Å². The molecule has 2 N–H and O–H groups in total. The lowest BCUT2D eigenvalue weighted by atomic mass is 10.2. The van der Waals surface area contributed by atoms with Gasteiger partial charge in [-0.25, -0.2) is 4.79 Å². The Kier molecular flexibility index (Phi) is 5.37. The molecule has 0 aliphatic rings. The molecular formula is C16H17NO6. The number of rotatable bonds is 7. The number of benzene rings is 1. The van der Waals surface area contributed by atoms with Gasteiger partial charge in [-0.15, -0.1) is 0 Å². The lowest BCUT2D eigenvalue weighted by Crippen LogP contribution is -2.13. The summed E-state index contributed by atoms with van der Waals surface area (Å²) in [6, 6.07) is 6.48. The number of nitrogens with one attached hydrogen (secondary N) is 1. The first kappa shape index (κ1) is 16.6. The van der Waals surface area contributed by atoms with Crippen LogP contribution in [0.1, 0.15) is 26.5 Å². The van der Waals surface area contributed by atoms with Crippen LogP contribution in [0.2, 0.25) is 0 Å². The molecule has 0 spiro atoms. The molecule has 122 valence electrons. The summed E-state index contributed by atoms with van der Waals surface area (Å²) < 4.78 is 15.5. The van der Waals surface area contributed by atoms with Gasteiger partial charge in [0, 0.05) is 13.2 Å². The molecule has 0 saturated carbocycles. The van der Waals surface area contributed by atoms with E-state index in [0.29, 0.717) is 24.7 Å². The van der Waals surface area contributed by atoms with Crippen LogP contribution in [0.4, 0.5) is 5.69 Å². The molecule has 0 fully saturated rings. The van der Waals surface area contributed by atoms with Crippen LogP contribution in [0.25, 0.3) is 0 Å². The summed E-state index contributed by atoms with van der Waals surface area (Å²) in [7, 11) is 1.57. The zero-order valence-corrected chi connectivity index (χ0v) is 12.8. The first-order valence-corrected chi connectivity index (χ1v) is 6.87. The molecule has 1 heterocycles. The summed E-state index contributed by atoms with van der Waals surface area (Å²) in [5.74, 6) is -1.31. The van der Waals surface area contributed by atoms with Crippen molar-refractivity contribution >= 4 is 17.6 Å². The summed E-state index contributed by atoms with van der Waals surface area (Å²) in [4.78, 5) is 22.9. The predicted molar refractivity (Wildman–Crippen MR) is 82.2 cm³/mol. The van der Waals surface area contributed by atoms with Gasteiger partial charge in [-0.1, -0.05) is 6.07 Å². The maximum atomic E-state index is 12.1. The fourth-order valence-electron chi connectivity index (χ4n) is 1.84. The van der Waals surface area contributed by atoms with Gasteiger partial charge >= 0.3 is 5.97 Å². The molecule has 7 nitrogen and oxygen atoms in total. The summed E-state index contributed by atoms with van der Waals surface area (Å²) in [6.45, 7) is 2.66.